The average molecular weight is 150 g/mol. The molecule has 2 bridgehead atoms. The summed E-state index contributed by atoms with van der Waals surface area (Å²) in [7, 11) is 0. The third-order valence-corrected chi connectivity index (χ3v) is 1.99. The summed E-state index contributed by atoms with van der Waals surface area (Å²) >= 11 is 0. The molecule has 3 heteroatoms. The predicted molar refractivity (Wildman–Crippen MR) is 38.0 cm³/mol. The van der Waals surface area contributed by atoms with Gasteiger partial charge in [0, 0.05) is 12.6 Å². The maximum absolute atomic E-state index is 5.29. The van der Waals surface area contributed by atoms with Crippen LogP contribution in [0.1, 0.15) is 6.42 Å². The van der Waals surface area contributed by atoms with Gasteiger partial charge < -0.3 is 10.1 Å². The summed E-state index contributed by atoms with van der Waals surface area (Å²) in [6.45, 7) is 3.12. The molecule has 2 saturated heterocycles. The minimum absolute atomic E-state index is 0. The van der Waals surface area contributed by atoms with Gasteiger partial charge in [0.15, 0.2) is 0 Å². The van der Waals surface area contributed by atoms with Gasteiger partial charge in [0.2, 0.25) is 0 Å². The lowest BCUT2D eigenvalue weighted by Crippen LogP contribution is -2.27. The minimum atomic E-state index is 0. The van der Waals surface area contributed by atoms with Gasteiger partial charge in [-0.15, -0.1) is 12.4 Å². The van der Waals surface area contributed by atoms with Gasteiger partial charge in [-0.05, 0) is 12.3 Å². The largest absolute Gasteiger partial charge is 0.379 e. The third-order valence-electron chi connectivity index (χ3n) is 1.99. The molecule has 1 N–H and O–H groups in total. The Hall–Kier alpha value is 0.210. The molecule has 2 unspecified atom stereocenters. The van der Waals surface area contributed by atoms with Gasteiger partial charge in [-0.1, -0.05) is 0 Å². The Bertz CT molecular complexity index is 85.1. The van der Waals surface area contributed by atoms with E-state index in [0.717, 1.165) is 19.1 Å². The Morgan fingerprint density at radius 3 is 2.89 bits per heavy atom. The van der Waals surface area contributed by atoms with Crippen molar-refractivity contribution in [3.8, 4) is 0 Å². The lowest BCUT2D eigenvalue weighted by atomic mass is 10.1. The molecule has 0 aromatic rings. The molecule has 0 saturated carbocycles. The van der Waals surface area contributed by atoms with Crippen LogP contribution in [-0.2, 0) is 4.74 Å². The second-order valence-corrected chi connectivity index (χ2v) is 2.74. The zero-order chi connectivity index (χ0) is 5.40. The van der Waals surface area contributed by atoms with E-state index in [9.17, 15) is 0 Å². The fraction of sp³-hybridized carbons (Fsp3) is 1.00. The zero-order valence-electron chi connectivity index (χ0n) is 5.30. The number of rotatable bonds is 0. The van der Waals surface area contributed by atoms with Crippen molar-refractivity contribution in [2.45, 2.75) is 12.5 Å². The molecule has 2 heterocycles. The van der Waals surface area contributed by atoms with E-state index in [1.165, 1.54) is 13.0 Å². The number of ether oxygens (including phenoxy) is 1. The summed E-state index contributed by atoms with van der Waals surface area (Å²) in [6.07, 6.45) is 1.35. The Kier molecular flexibility index (Phi) is 2.33. The van der Waals surface area contributed by atoms with Crippen molar-refractivity contribution in [1.82, 2.24) is 5.32 Å². The molecule has 54 valence electrons. The second-order valence-electron chi connectivity index (χ2n) is 2.74. The first-order valence-electron chi connectivity index (χ1n) is 3.26. The molecule has 2 aliphatic heterocycles. The van der Waals surface area contributed by atoms with E-state index in [0.29, 0.717) is 6.04 Å². The molecule has 9 heavy (non-hydrogen) atoms. The van der Waals surface area contributed by atoms with Crippen LogP contribution in [0.15, 0.2) is 0 Å². The molecular weight excluding hydrogens is 138 g/mol. The van der Waals surface area contributed by atoms with E-state index in [1.807, 2.05) is 0 Å². The number of hydrogen-bond donors (Lipinski definition) is 1. The van der Waals surface area contributed by atoms with Crippen LogP contribution in [0.3, 0.4) is 0 Å². The van der Waals surface area contributed by atoms with E-state index < -0.39 is 0 Å². The SMILES string of the molecule is C1NC2COCC1C2.Cl. The minimum Gasteiger partial charge on any atom is -0.379 e. The lowest BCUT2D eigenvalue weighted by Gasteiger charge is -2.16. The Labute approximate surface area is 61.4 Å². The molecule has 2 aliphatic rings. The van der Waals surface area contributed by atoms with Gasteiger partial charge in [-0.3, -0.25) is 0 Å². The van der Waals surface area contributed by atoms with Gasteiger partial charge in [0.05, 0.1) is 13.2 Å². The first kappa shape index (κ1) is 7.32. The van der Waals surface area contributed by atoms with Gasteiger partial charge in [0.25, 0.3) is 0 Å². The number of nitrogens with one attached hydrogen (secondary N) is 1. The number of hydrogen-bond acceptors (Lipinski definition) is 2. The van der Waals surface area contributed by atoms with Crippen LogP contribution in [0.5, 0.6) is 0 Å². The van der Waals surface area contributed by atoms with E-state index in [-0.39, 0.29) is 12.4 Å². The van der Waals surface area contributed by atoms with Crippen molar-refractivity contribution >= 4 is 12.4 Å². The molecule has 2 rings (SSSR count). The maximum atomic E-state index is 5.29. The van der Waals surface area contributed by atoms with Crippen molar-refractivity contribution in [3.63, 3.8) is 0 Å². The molecule has 0 amide bonds. The van der Waals surface area contributed by atoms with Crippen LogP contribution in [0, 0.1) is 5.92 Å². The molecular formula is C6H12ClNO. The summed E-state index contributed by atoms with van der Waals surface area (Å²) in [5, 5.41) is 3.39. The molecule has 0 aromatic carbocycles. The lowest BCUT2D eigenvalue weighted by molar-refractivity contribution is 0.0682. The molecule has 0 aliphatic carbocycles. The fourth-order valence-corrected chi connectivity index (χ4v) is 1.53. The number of halogens is 1. The standard InChI is InChI=1S/C6H11NO.ClH/c1-5-2-7-6(1)4-8-3-5;/h5-7H,1-4H2;1H. The van der Waals surface area contributed by atoms with E-state index in [4.69, 9.17) is 4.74 Å². The van der Waals surface area contributed by atoms with Crippen LogP contribution in [0.4, 0.5) is 0 Å². The van der Waals surface area contributed by atoms with Gasteiger partial charge in [0.1, 0.15) is 0 Å². The van der Waals surface area contributed by atoms with Crippen LogP contribution in [0.25, 0.3) is 0 Å². The van der Waals surface area contributed by atoms with Crippen molar-refractivity contribution < 1.29 is 4.74 Å². The summed E-state index contributed by atoms with van der Waals surface area (Å²) in [4.78, 5) is 0. The third kappa shape index (κ3) is 1.37. The molecule has 0 radical (unpaired) electrons. The monoisotopic (exact) mass is 149 g/mol. The topological polar surface area (TPSA) is 21.3 Å². The van der Waals surface area contributed by atoms with Crippen LogP contribution in [0.2, 0.25) is 0 Å². The van der Waals surface area contributed by atoms with E-state index in [2.05, 4.69) is 5.32 Å². The quantitative estimate of drug-likeness (QED) is 0.539. The van der Waals surface area contributed by atoms with Crippen LogP contribution < -0.4 is 5.32 Å². The fourth-order valence-electron chi connectivity index (χ4n) is 1.53. The highest BCUT2D eigenvalue weighted by Crippen LogP contribution is 2.18. The highest BCUT2D eigenvalue weighted by atomic mass is 35.5. The highest BCUT2D eigenvalue weighted by molar-refractivity contribution is 5.85. The van der Waals surface area contributed by atoms with Crippen molar-refractivity contribution in [2.24, 2.45) is 5.92 Å². The summed E-state index contributed by atoms with van der Waals surface area (Å²) in [6, 6.07) is 0.689. The predicted octanol–water partition coefficient (Wildman–Crippen LogP) is 0.416. The van der Waals surface area contributed by atoms with Gasteiger partial charge in [-0.2, -0.15) is 0 Å². The number of fused-ring (bicyclic) bond motifs is 2. The van der Waals surface area contributed by atoms with Crippen LogP contribution in [-0.4, -0.2) is 25.8 Å². The normalized spacial score (nSPS) is 40.0. The molecule has 0 aromatic heterocycles. The smallest absolute Gasteiger partial charge is 0.0619 e. The second kappa shape index (κ2) is 2.86. The maximum Gasteiger partial charge on any atom is 0.0619 e. The average Bonchev–Trinajstić information content (AvgIpc) is 2.12. The molecule has 2 atom stereocenters. The van der Waals surface area contributed by atoms with E-state index >= 15 is 0 Å². The molecule has 2 fully saturated rings. The van der Waals surface area contributed by atoms with Crippen molar-refractivity contribution in [3.05, 3.63) is 0 Å². The van der Waals surface area contributed by atoms with Gasteiger partial charge >= 0.3 is 0 Å². The van der Waals surface area contributed by atoms with E-state index in [1.54, 1.807) is 0 Å². The highest BCUT2D eigenvalue weighted by Gasteiger charge is 2.28. The van der Waals surface area contributed by atoms with Crippen LogP contribution >= 0.6 is 12.4 Å². The van der Waals surface area contributed by atoms with Gasteiger partial charge in [-0.25, -0.2) is 0 Å². The Morgan fingerprint density at radius 1 is 1.33 bits per heavy atom. The molecule has 2 nitrogen and oxygen atoms in total. The summed E-state index contributed by atoms with van der Waals surface area (Å²) in [5.74, 6) is 0.828. The van der Waals surface area contributed by atoms with Crippen molar-refractivity contribution in [1.29, 1.82) is 0 Å². The Morgan fingerprint density at radius 2 is 2.22 bits per heavy atom. The first-order chi connectivity index (χ1) is 3.95. The first-order valence-corrected chi connectivity index (χ1v) is 3.26. The van der Waals surface area contributed by atoms with Crippen molar-refractivity contribution in [2.75, 3.05) is 19.8 Å². The zero-order valence-corrected chi connectivity index (χ0v) is 6.12. The molecule has 0 spiro atoms. The summed E-state index contributed by atoms with van der Waals surface area (Å²) in [5.41, 5.74) is 0. The Balaban J connectivity index is 0.000000405. The summed E-state index contributed by atoms with van der Waals surface area (Å²) < 4.78 is 5.29.